The van der Waals surface area contributed by atoms with Crippen molar-refractivity contribution in [3.8, 4) is 0 Å². The SMILES string of the molecule is Cc1ncc(C(=O)N2CCOCC2)c(CCNC(=O)C2(c3ccccc3F)CCCC2)n1. The predicted molar refractivity (Wildman–Crippen MR) is 117 cm³/mol. The molecule has 1 aromatic carbocycles. The molecule has 2 fully saturated rings. The molecule has 2 heterocycles. The van der Waals surface area contributed by atoms with Crippen molar-refractivity contribution in [3.05, 3.63) is 58.9 Å². The third kappa shape index (κ3) is 4.50. The molecule has 170 valence electrons. The minimum Gasteiger partial charge on any atom is -0.378 e. The molecule has 4 rings (SSSR count). The first-order valence-corrected chi connectivity index (χ1v) is 11.2. The van der Waals surface area contributed by atoms with Crippen LogP contribution in [0.3, 0.4) is 0 Å². The second kappa shape index (κ2) is 9.73. The first kappa shape index (κ1) is 22.3. The molecular weight excluding hydrogens is 411 g/mol. The van der Waals surface area contributed by atoms with Crippen molar-refractivity contribution in [2.24, 2.45) is 0 Å². The third-order valence-electron chi connectivity index (χ3n) is 6.45. The van der Waals surface area contributed by atoms with Gasteiger partial charge in [-0.1, -0.05) is 31.0 Å². The van der Waals surface area contributed by atoms with Gasteiger partial charge in [-0.3, -0.25) is 9.59 Å². The second-order valence-electron chi connectivity index (χ2n) is 8.46. The summed E-state index contributed by atoms with van der Waals surface area (Å²) in [5, 5.41) is 2.99. The summed E-state index contributed by atoms with van der Waals surface area (Å²) in [6, 6.07) is 6.55. The van der Waals surface area contributed by atoms with E-state index >= 15 is 0 Å². The number of aryl methyl sites for hydroxylation is 1. The largest absolute Gasteiger partial charge is 0.378 e. The van der Waals surface area contributed by atoms with Crippen molar-refractivity contribution in [3.63, 3.8) is 0 Å². The number of hydrogen-bond acceptors (Lipinski definition) is 5. The maximum Gasteiger partial charge on any atom is 0.257 e. The summed E-state index contributed by atoms with van der Waals surface area (Å²) in [5.74, 6) is -0.0435. The number of nitrogens with one attached hydrogen (secondary N) is 1. The lowest BCUT2D eigenvalue weighted by Crippen LogP contribution is -2.44. The van der Waals surface area contributed by atoms with Crippen LogP contribution in [0.1, 0.15) is 53.1 Å². The van der Waals surface area contributed by atoms with Crippen LogP contribution >= 0.6 is 0 Å². The zero-order chi connectivity index (χ0) is 22.6. The molecule has 0 spiro atoms. The molecule has 0 radical (unpaired) electrons. The van der Waals surface area contributed by atoms with E-state index in [-0.39, 0.29) is 17.6 Å². The van der Waals surface area contributed by atoms with Crippen molar-refractivity contribution >= 4 is 11.8 Å². The van der Waals surface area contributed by atoms with Gasteiger partial charge in [0, 0.05) is 37.8 Å². The average molecular weight is 441 g/mol. The summed E-state index contributed by atoms with van der Waals surface area (Å²) in [6.07, 6.45) is 5.01. The number of rotatable bonds is 6. The topological polar surface area (TPSA) is 84.4 Å². The fourth-order valence-corrected chi connectivity index (χ4v) is 4.73. The molecule has 0 unspecified atom stereocenters. The lowest BCUT2D eigenvalue weighted by molar-refractivity contribution is -0.126. The molecule has 1 saturated heterocycles. The molecular formula is C24H29FN4O3. The molecule has 1 saturated carbocycles. The molecule has 1 aliphatic carbocycles. The van der Waals surface area contributed by atoms with Gasteiger partial charge in [0.15, 0.2) is 0 Å². The Labute approximate surface area is 187 Å². The maximum absolute atomic E-state index is 14.5. The fourth-order valence-electron chi connectivity index (χ4n) is 4.73. The van der Waals surface area contributed by atoms with E-state index in [4.69, 9.17) is 4.74 Å². The number of halogens is 1. The molecule has 7 nitrogen and oxygen atoms in total. The standard InChI is InChI=1S/C24H29FN4O3/c1-17-27-16-18(22(30)29-12-14-32-15-13-29)21(28-17)8-11-26-23(31)24(9-4-5-10-24)19-6-2-3-7-20(19)25/h2-3,6-7,16H,4-5,8-15H2,1H3,(H,26,31). The number of morpholine rings is 1. The van der Waals surface area contributed by atoms with Crippen molar-refractivity contribution in [1.82, 2.24) is 20.2 Å². The summed E-state index contributed by atoms with van der Waals surface area (Å²) in [5.41, 5.74) is 0.701. The van der Waals surface area contributed by atoms with Crippen LogP contribution in [-0.2, 0) is 21.4 Å². The Morgan fingerprint density at radius 2 is 1.91 bits per heavy atom. The first-order chi connectivity index (χ1) is 15.5. The van der Waals surface area contributed by atoms with E-state index in [1.807, 2.05) is 0 Å². The number of ether oxygens (including phenoxy) is 1. The fraction of sp³-hybridized carbons (Fsp3) is 0.500. The van der Waals surface area contributed by atoms with E-state index in [1.165, 1.54) is 6.07 Å². The summed E-state index contributed by atoms with van der Waals surface area (Å²) in [7, 11) is 0. The van der Waals surface area contributed by atoms with E-state index in [1.54, 1.807) is 36.2 Å². The molecule has 2 amide bonds. The van der Waals surface area contributed by atoms with Crippen LogP contribution in [0.15, 0.2) is 30.5 Å². The Morgan fingerprint density at radius 3 is 2.62 bits per heavy atom. The Bertz CT molecular complexity index is 985. The highest BCUT2D eigenvalue weighted by Gasteiger charge is 2.44. The predicted octanol–water partition coefficient (Wildman–Crippen LogP) is 2.57. The van der Waals surface area contributed by atoms with E-state index < -0.39 is 5.41 Å². The van der Waals surface area contributed by atoms with Gasteiger partial charge < -0.3 is 15.0 Å². The molecule has 1 N–H and O–H groups in total. The Morgan fingerprint density at radius 1 is 1.19 bits per heavy atom. The molecule has 32 heavy (non-hydrogen) atoms. The number of benzene rings is 1. The van der Waals surface area contributed by atoms with Gasteiger partial charge in [-0.15, -0.1) is 0 Å². The van der Waals surface area contributed by atoms with Crippen LogP contribution in [-0.4, -0.2) is 59.5 Å². The van der Waals surface area contributed by atoms with Gasteiger partial charge in [0.2, 0.25) is 5.91 Å². The maximum atomic E-state index is 14.5. The van der Waals surface area contributed by atoms with Gasteiger partial charge in [0.25, 0.3) is 5.91 Å². The van der Waals surface area contributed by atoms with Gasteiger partial charge in [-0.05, 0) is 25.8 Å². The summed E-state index contributed by atoms with van der Waals surface area (Å²) >= 11 is 0. The second-order valence-corrected chi connectivity index (χ2v) is 8.46. The summed E-state index contributed by atoms with van der Waals surface area (Å²) < 4.78 is 19.9. The van der Waals surface area contributed by atoms with E-state index in [0.717, 1.165) is 12.8 Å². The van der Waals surface area contributed by atoms with Crippen molar-refractivity contribution < 1.29 is 18.7 Å². The molecule has 2 aliphatic rings. The number of carbonyl (C=O) groups is 2. The summed E-state index contributed by atoms with van der Waals surface area (Å²) in [6.45, 7) is 4.19. The van der Waals surface area contributed by atoms with Gasteiger partial charge >= 0.3 is 0 Å². The highest BCUT2D eigenvalue weighted by molar-refractivity contribution is 5.95. The highest BCUT2D eigenvalue weighted by atomic mass is 19.1. The van der Waals surface area contributed by atoms with Crippen LogP contribution in [0.4, 0.5) is 4.39 Å². The van der Waals surface area contributed by atoms with Crippen LogP contribution in [0.5, 0.6) is 0 Å². The van der Waals surface area contributed by atoms with E-state index in [9.17, 15) is 14.0 Å². The molecule has 0 atom stereocenters. The van der Waals surface area contributed by atoms with Crippen molar-refractivity contribution in [2.75, 3.05) is 32.8 Å². The van der Waals surface area contributed by atoms with Gasteiger partial charge in [0.1, 0.15) is 11.6 Å². The molecule has 1 aliphatic heterocycles. The number of aromatic nitrogens is 2. The van der Waals surface area contributed by atoms with Crippen LogP contribution < -0.4 is 5.32 Å². The number of carbonyl (C=O) groups excluding carboxylic acids is 2. The average Bonchev–Trinajstić information content (AvgIpc) is 3.31. The Hall–Kier alpha value is -2.87. The number of hydrogen-bond donors (Lipinski definition) is 1. The number of amides is 2. The van der Waals surface area contributed by atoms with Gasteiger partial charge in [-0.2, -0.15) is 0 Å². The third-order valence-corrected chi connectivity index (χ3v) is 6.45. The van der Waals surface area contributed by atoms with Crippen molar-refractivity contribution in [2.45, 2.75) is 44.4 Å². The van der Waals surface area contributed by atoms with Crippen LogP contribution in [0.2, 0.25) is 0 Å². The molecule has 0 bridgehead atoms. The highest BCUT2D eigenvalue weighted by Crippen LogP contribution is 2.42. The Kier molecular flexibility index (Phi) is 6.79. The Balaban J connectivity index is 1.47. The molecule has 1 aromatic heterocycles. The van der Waals surface area contributed by atoms with Crippen LogP contribution in [0, 0.1) is 12.7 Å². The zero-order valence-electron chi connectivity index (χ0n) is 18.4. The lowest BCUT2D eigenvalue weighted by Gasteiger charge is -2.29. The van der Waals surface area contributed by atoms with Gasteiger partial charge in [0.05, 0.1) is 29.9 Å². The summed E-state index contributed by atoms with van der Waals surface area (Å²) in [4.78, 5) is 36.6. The monoisotopic (exact) mass is 440 g/mol. The quantitative estimate of drug-likeness (QED) is 0.746. The smallest absolute Gasteiger partial charge is 0.257 e. The van der Waals surface area contributed by atoms with Gasteiger partial charge in [-0.25, -0.2) is 14.4 Å². The minimum absolute atomic E-state index is 0.117. The van der Waals surface area contributed by atoms with Crippen LogP contribution in [0.25, 0.3) is 0 Å². The van der Waals surface area contributed by atoms with E-state index in [0.29, 0.717) is 74.8 Å². The van der Waals surface area contributed by atoms with Crippen molar-refractivity contribution in [1.29, 1.82) is 0 Å². The van der Waals surface area contributed by atoms with E-state index in [2.05, 4.69) is 15.3 Å². The molecule has 2 aromatic rings. The lowest BCUT2D eigenvalue weighted by atomic mass is 9.77. The first-order valence-electron chi connectivity index (χ1n) is 11.2. The molecule has 8 heteroatoms. The minimum atomic E-state index is -0.834. The normalized spacial score (nSPS) is 17.9. The zero-order valence-corrected chi connectivity index (χ0v) is 18.4. The number of nitrogens with zero attached hydrogens (tertiary/aromatic N) is 3.